The average molecular weight is 500 g/mol. The van der Waals surface area contributed by atoms with Gasteiger partial charge in [0, 0.05) is 35.7 Å². The van der Waals surface area contributed by atoms with Crippen molar-refractivity contribution in [1.82, 2.24) is 9.21 Å². The smallest absolute Gasteiger partial charge is 0.243 e. The van der Waals surface area contributed by atoms with Crippen LogP contribution < -0.4 is 4.74 Å². The summed E-state index contributed by atoms with van der Waals surface area (Å²) in [7, 11) is -3.58. The largest absolute Gasteiger partial charge is 0.492 e. The summed E-state index contributed by atoms with van der Waals surface area (Å²) in [6, 6.07) is 12.1. The number of ether oxygens (including phenoxy) is 1. The molecule has 0 aliphatic carbocycles. The second-order valence-corrected chi connectivity index (χ2v) is 10.4. The van der Waals surface area contributed by atoms with Gasteiger partial charge in [0.1, 0.15) is 12.4 Å². The first kappa shape index (κ1) is 20.7. The third kappa shape index (κ3) is 4.30. The molecule has 1 amide bonds. The molecule has 6 nitrogen and oxygen atoms in total. The lowest BCUT2D eigenvalue weighted by atomic mass is 9.95. The Morgan fingerprint density at radius 2 is 1.86 bits per heavy atom. The average Bonchev–Trinajstić information content (AvgIpc) is 2.72. The van der Waals surface area contributed by atoms with Crippen molar-refractivity contribution >= 4 is 43.5 Å². The predicted octanol–water partition coefficient (Wildman–Crippen LogP) is 3.19. The molecule has 0 unspecified atom stereocenters. The maximum absolute atomic E-state index is 13.0. The Kier molecular flexibility index (Phi) is 5.88. The van der Waals surface area contributed by atoms with Gasteiger partial charge >= 0.3 is 0 Å². The van der Waals surface area contributed by atoms with E-state index in [1.165, 1.54) is 4.31 Å². The molecule has 0 saturated carbocycles. The van der Waals surface area contributed by atoms with Crippen molar-refractivity contribution in [2.24, 2.45) is 5.92 Å². The molecule has 0 bridgehead atoms. The molecule has 1 fully saturated rings. The monoisotopic (exact) mass is 498 g/mol. The number of amides is 1. The SMILES string of the molecule is O=C([C@H]1COc2ccc(Cl)cc2C1)N1CCN(S(=O)(=O)c2cccc(Br)c2)CC1. The van der Waals surface area contributed by atoms with Crippen LogP contribution in [0.25, 0.3) is 0 Å². The summed E-state index contributed by atoms with van der Waals surface area (Å²) in [6.07, 6.45) is 0.575. The van der Waals surface area contributed by atoms with Crippen LogP contribution in [0, 0.1) is 5.92 Å². The van der Waals surface area contributed by atoms with Crippen molar-refractivity contribution in [3.8, 4) is 5.75 Å². The zero-order valence-electron chi connectivity index (χ0n) is 15.6. The maximum atomic E-state index is 13.0. The first-order chi connectivity index (χ1) is 13.8. The van der Waals surface area contributed by atoms with Gasteiger partial charge in [-0.15, -0.1) is 0 Å². The van der Waals surface area contributed by atoms with Crippen LogP contribution in [-0.2, 0) is 21.2 Å². The van der Waals surface area contributed by atoms with Crippen molar-refractivity contribution in [3.05, 3.63) is 57.5 Å². The van der Waals surface area contributed by atoms with Gasteiger partial charge in [-0.3, -0.25) is 4.79 Å². The Morgan fingerprint density at radius 1 is 1.10 bits per heavy atom. The van der Waals surface area contributed by atoms with Gasteiger partial charge < -0.3 is 9.64 Å². The van der Waals surface area contributed by atoms with Crippen LogP contribution in [0.1, 0.15) is 5.56 Å². The zero-order valence-corrected chi connectivity index (χ0v) is 18.7. The van der Waals surface area contributed by atoms with E-state index in [1.807, 2.05) is 12.1 Å². The number of sulfonamides is 1. The highest BCUT2D eigenvalue weighted by Crippen LogP contribution is 2.31. The van der Waals surface area contributed by atoms with Gasteiger partial charge in [-0.05, 0) is 48.4 Å². The summed E-state index contributed by atoms with van der Waals surface area (Å²) < 4.78 is 33.6. The molecule has 154 valence electrons. The Bertz CT molecular complexity index is 1040. The van der Waals surface area contributed by atoms with E-state index in [2.05, 4.69) is 15.9 Å². The minimum Gasteiger partial charge on any atom is -0.492 e. The number of benzene rings is 2. The molecule has 9 heteroatoms. The summed E-state index contributed by atoms with van der Waals surface area (Å²) in [6.45, 7) is 1.60. The molecular formula is C20H20BrClN2O4S. The number of carbonyl (C=O) groups is 1. The summed E-state index contributed by atoms with van der Waals surface area (Å²) >= 11 is 9.37. The fraction of sp³-hybridized carbons (Fsp3) is 0.350. The van der Waals surface area contributed by atoms with E-state index in [-0.39, 0.29) is 29.8 Å². The molecule has 4 rings (SSSR count). The highest BCUT2D eigenvalue weighted by atomic mass is 79.9. The van der Waals surface area contributed by atoms with Crippen LogP contribution in [0.5, 0.6) is 5.75 Å². The van der Waals surface area contributed by atoms with E-state index in [9.17, 15) is 13.2 Å². The first-order valence-electron chi connectivity index (χ1n) is 9.30. The van der Waals surface area contributed by atoms with Crippen molar-refractivity contribution in [1.29, 1.82) is 0 Å². The van der Waals surface area contributed by atoms with Gasteiger partial charge in [0.05, 0.1) is 10.8 Å². The molecular weight excluding hydrogens is 480 g/mol. The van der Waals surface area contributed by atoms with Crippen molar-refractivity contribution in [3.63, 3.8) is 0 Å². The Hall–Kier alpha value is -1.61. The van der Waals surface area contributed by atoms with Crippen LogP contribution in [0.2, 0.25) is 5.02 Å². The number of hydrogen-bond acceptors (Lipinski definition) is 4. The molecule has 0 radical (unpaired) electrons. The van der Waals surface area contributed by atoms with E-state index in [0.29, 0.717) is 35.6 Å². The summed E-state index contributed by atoms with van der Waals surface area (Å²) in [4.78, 5) is 14.9. The standard InChI is InChI=1S/C20H20BrClN2O4S/c21-16-2-1-3-18(12-16)29(26,27)24-8-6-23(7-9-24)20(25)15-10-14-11-17(22)4-5-19(14)28-13-15/h1-5,11-12,15H,6-10,13H2/t15-/m1/s1. The quantitative estimate of drug-likeness (QED) is 0.651. The molecule has 0 spiro atoms. The molecule has 2 aromatic carbocycles. The van der Waals surface area contributed by atoms with Crippen molar-refractivity contribution in [2.75, 3.05) is 32.8 Å². The van der Waals surface area contributed by atoms with E-state index < -0.39 is 10.0 Å². The molecule has 29 heavy (non-hydrogen) atoms. The third-order valence-electron chi connectivity index (χ3n) is 5.26. The van der Waals surface area contributed by atoms with Gasteiger partial charge in [0.2, 0.25) is 15.9 Å². The minimum atomic E-state index is -3.58. The van der Waals surface area contributed by atoms with Crippen LogP contribution in [0.4, 0.5) is 0 Å². The van der Waals surface area contributed by atoms with Gasteiger partial charge in [-0.25, -0.2) is 8.42 Å². The summed E-state index contributed by atoms with van der Waals surface area (Å²) in [5, 5.41) is 0.617. The number of fused-ring (bicyclic) bond motifs is 1. The van der Waals surface area contributed by atoms with Crippen LogP contribution >= 0.6 is 27.5 Å². The molecule has 0 aromatic heterocycles. The maximum Gasteiger partial charge on any atom is 0.243 e. The Labute approximate surface area is 183 Å². The molecule has 1 atom stereocenters. The normalized spacial score (nSPS) is 20.1. The summed E-state index contributed by atoms with van der Waals surface area (Å²) in [5.74, 6) is 0.479. The van der Waals surface area contributed by atoms with Gasteiger partial charge in [-0.2, -0.15) is 4.31 Å². The molecule has 0 N–H and O–H groups in total. The highest BCUT2D eigenvalue weighted by Gasteiger charge is 2.34. The van der Waals surface area contributed by atoms with Crippen molar-refractivity contribution in [2.45, 2.75) is 11.3 Å². The number of rotatable bonds is 3. The number of nitrogens with zero attached hydrogens (tertiary/aromatic N) is 2. The Morgan fingerprint density at radius 3 is 2.59 bits per heavy atom. The van der Waals surface area contributed by atoms with Crippen LogP contribution in [0.15, 0.2) is 51.8 Å². The first-order valence-corrected chi connectivity index (χ1v) is 11.9. The van der Waals surface area contributed by atoms with Crippen LogP contribution in [0.3, 0.4) is 0 Å². The third-order valence-corrected chi connectivity index (χ3v) is 7.89. The topological polar surface area (TPSA) is 66.9 Å². The van der Waals surface area contributed by atoms with Gasteiger partial charge in [0.15, 0.2) is 0 Å². The van der Waals surface area contributed by atoms with E-state index in [1.54, 1.807) is 35.2 Å². The highest BCUT2D eigenvalue weighted by molar-refractivity contribution is 9.10. The fourth-order valence-corrected chi connectivity index (χ4v) is 5.92. The van der Waals surface area contributed by atoms with E-state index in [4.69, 9.17) is 16.3 Å². The van der Waals surface area contributed by atoms with E-state index in [0.717, 1.165) is 11.3 Å². The van der Waals surface area contributed by atoms with Crippen LogP contribution in [-0.4, -0.2) is 56.3 Å². The van der Waals surface area contributed by atoms with Crippen molar-refractivity contribution < 1.29 is 17.9 Å². The minimum absolute atomic E-state index is 0.00451. The van der Waals surface area contributed by atoms with Gasteiger partial charge in [0.25, 0.3) is 0 Å². The molecule has 2 aliphatic heterocycles. The van der Waals surface area contributed by atoms with Gasteiger partial charge in [-0.1, -0.05) is 33.6 Å². The number of carbonyl (C=O) groups excluding carboxylic acids is 1. The lowest BCUT2D eigenvalue weighted by Gasteiger charge is -2.36. The van der Waals surface area contributed by atoms with E-state index >= 15 is 0 Å². The number of piperazine rings is 1. The molecule has 2 aliphatic rings. The molecule has 2 aromatic rings. The Balaban J connectivity index is 1.40. The fourth-order valence-electron chi connectivity index (χ4n) is 3.71. The second kappa shape index (κ2) is 8.26. The predicted molar refractivity (Wildman–Crippen MR) is 114 cm³/mol. The second-order valence-electron chi connectivity index (χ2n) is 7.15. The zero-order chi connectivity index (χ0) is 20.6. The lowest BCUT2D eigenvalue weighted by molar-refractivity contribution is -0.138. The molecule has 1 saturated heterocycles. The molecule has 2 heterocycles. The summed E-state index contributed by atoms with van der Waals surface area (Å²) in [5.41, 5.74) is 0.929. The number of halogens is 2. The lowest BCUT2D eigenvalue weighted by Crippen LogP contribution is -2.52. The number of hydrogen-bond donors (Lipinski definition) is 0.